The highest BCUT2D eigenvalue weighted by Gasteiger charge is 2.15. The number of nitrogens with zero attached hydrogens (tertiary/aromatic N) is 2. The number of carbonyl (C=O) groups is 1. The Bertz CT molecular complexity index is 1240. The first-order valence-corrected chi connectivity index (χ1v) is 10.1. The molecule has 2 aromatic heterocycles. The molecule has 0 bridgehead atoms. The second-order valence-corrected chi connectivity index (χ2v) is 7.93. The van der Waals surface area contributed by atoms with Gasteiger partial charge in [-0.1, -0.05) is 43.4 Å². The summed E-state index contributed by atoms with van der Waals surface area (Å²) < 4.78 is 14.2. The molecule has 0 radical (unpaired) electrons. The predicted octanol–water partition coefficient (Wildman–Crippen LogP) is 5.34. The van der Waals surface area contributed by atoms with Crippen molar-refractivity contribution in [1.29, 1.82) is 0 Å². The van der Waals surface area contributed by atoms with Gasteiger partial charge >= 0.3 is 5.91 Å². The smallest absolute Gasteiger partial charge is 0.315 e. The highest BCUT2D eigenvalue weighted by atomic mass is 32.1. The van der Waals surface area contributed by atoms with E-state index >= 15 is 0 Å². The number of hydrogen-bond acceptors (Lipinski definition) is 4. The van der Waals surface area contributed by atoms with Crippen LogP contribution in [0.15, 0.2) is 51.9 Å². The van der Waals surface area contributed by atoms with Crippen LogP contribution in [0.5, 0.6) is 5.75 Å². The van der Waals surface area contributed by atoms with Crippen molar-refractivity contribution in [3.63, 3.8) is 0 Å². The third kappa shape index (κ3) is 3.14. The number of hydrogen-bond donors (Lipinski definition) is 0. The van der Waals surface area contributed by atoms with Crippen LogP contribution in [-0.4, -0.2) is 17.6 Å². The zero-order valence-electron chi connectivity index (χ0n) is 16.4. The summed E-state index contributed by atoms with van der Waals surface area (Å²) in [6.07, 6.45) is 0. The van der Waals surface area contributed by atoms with Gasteiger partial charge in [0.2, 0.25) is 0 Å². The quantitative estimate of drug-likeness (QED) is 0.469. The lowest BCUT2D eigenvalue weighted by molar-refractivity contribution is 0.0973. The fourth-order valence-electron chi connectivity index (χ4n) is 3.28. The van der Waals surface area contributed by atoms with Crippen LogP contribution in [0, 0.1) is 0 Å². The molecule has 0 aliphatic rings. The van der Waals surface area contributed by atoms with Crippen LogP contribution in [-0.2, 0) is 6.54 Å². The fourth-order valence-corrected chi connectivity index (χ4v) is 4.42. The van der Waals surface area contributed by atoms with Crippen molar-refractivity contribution in [3.05, 3.63) is 58.6 Å². The van der Waals surface area contributed by atoms with Gasteiger partial charge < -0.3 is 13.7 Å². The van der Waals surface area contributed by atoms with Gasteiger partial charge in [-0.15, -0.1) is 0 Å². The van der Waals surface area contributed by atoms with Gasteiger partial charge in [-0.25, -0.2) is 0 Å². The topological polar surface area (TPSA) is 56.7 Å². The highest BCUT2D eigenvalue weighted by molar-refractivity contribution is 7.16. The molecular weight excluding hydrogens is 372 g/mol. The second-order valence-electron chi connectivity index (χ2n) is 6.92. The molecular formula is C22H22N2O3S. The molecule has 28 heavy (non-hydrogen) atoms. The number of carbonyl (C=O) groups excluding carboxylic acids is 1. The molecule has 5 nitrogen and oxygen atoms in total. The summed E-state index contributed by atoms with van der Waals surface area (Å²) in [7, 11) is 1.58. The summed E-state index contributed by atoms with van der Waals surface area (Å²) in [6, 6.07) is 13.7. The molecule has 0 aliphatic heterocycles. The first kappa shape index (κ1) is 18.5. The standard InChI is InChI=1S/C22H22N2O3S/c1-5-24-16-10-9-14(13(2)3)12-19(16)28-22(24)23-21(25)18-11-15-7-6-8-17(26-4)20(15)27-18/h6-13H,5H2,1-4H3. The van der Waals surface area contributed by atoms with E-state index in [0.717, 1.165) is 22.1 Å². The number of rotatable bonds is 4. The number of aryl methyl sites for hydroxylation is 1. The number of thiazole rings is 1. The van der Waals surface area contributed by atoms with Crippen molar-refractivity contribution < 1.29 is 13.9 Å². The maximum Gasteiger partial charge on any atom is 0.315 e. The number of amides is 1. The zero-order valence-corrected chi connectivity index (χ0v) is 17.2. The van der Waals surface area contributed by atoms with E-state index in [2.05, 4.69) is 48.5 Å². The molecule has 0 unspecified atom stereocenters. The summed E-state index contributed by atoms with van der Waals surface area (Å²) in [4.78, 5) is 17.8. The van der Waals surface area contributed by atoms with Crippen LogP contribution < -0.4 is 9.54 Å². The van der Waals surface area contributed by atoms with Crippen molar-refractivity contribution in [1.82, 2.24) is 4.57 Å². The minimum Gasteiger partial charge on any atom is -0.493 e. The number of furan rings is 1. The van der Waals surface area contributed by atoms with Gasteiger partial charge in [0.15, 0.2) is 21.9 Å². The molecule has 144 valence electrons. The van der Waals surface area contributed by atoms with Crippen LogP contribution >= 0.6 is 11.3 Å². The summed E-state index contributed by atoms with van der Waals surface area (Å²) in [5.74, 6) is 0.871. The van der Waals surface area contributed by atoms with E-state index in [-0.39, 0.29) is 5.76 Å². The predicted molar refractivity (Wildman–Crippen MR) is 112 cm³/mol. The fraction of sp³-hybridized carbons (Fsp3) is 0.273. The Balaban J connectivity index is 1.81. The Hall–Kier alpha value is -2.86. The number of methoxy groups -OCH3 is 1. The summed E-state index contributed by atoms with van der Waals surface area (Å²) in [5.41, 5.74) is 2.93. The Morgan fingerprint density at radius 3 is 2.79 bits per heavy atom. The van der Waals surface area contributed by atoms with Gasteiger partial charge in [0.1, 0.15) is 0 Å². The average Bonchev–Trinajstić information content (AvgIpc) is 3.27. The van der Waals surface area contributed by atoms with E-state index in [9.17, 15) is 4.79 Å². The first-order chi connectivity index (χ1) is 13.5. The SMILES string of the molecule is CCn1c(=NC(=O)c2cc3cccc(OC)c3o2)sc2cc(C(C)C)ccc21. The molecule has 1 amide bonds. The van der Waals surface area contributed by atoms with Gasteiger partial charge in [0, 0.05) is 11.9 Å². The summed E-state index contributed by atoms with van der Waals surface area (Å²) >= 11 is 1.53. The number of aromatic nitrogens is 1. The molecule has 0 fully saturated rings. The maximum absolute atomic E-state index is 12.8. The first-order valence-electron chi connectivity index (χ1n) is 9.30. The highest BCUT2D eigenvalue weighted by Crippen LogP contribution is 2.29. The molecule has 2 heterocycles. The Morgan fingerprint density at radius 1 is 1.25 bits per heavy atom. The molecule has 0 N–H and O–H groups in total. The van der Waals surface area contributed by atoms with Crippen molar-refractivity contribution in [2.75, 3.05) is 7.11 Å². The Labute approximate surface area is 166 Å². The maximum atomic E-state index is 12.8. The average molecular weight is 394 g/mol. The van der Waals surface area contributed by atoms with Crippen LogP contribution in [0.4, 0.5) is 0 Å². The van der Waals surface area contributed by atoms with E-state index in [1.165, 1.54) is 16.9 Å². The third-order valence-corrected chi connectivity index (χ3v) is 5.87. The minimum atomic E-state index is -0.393. The molecule has 4 rings (SSSR count). The van der Waals surface area contributed by atoms with Crippen LogP contribution in [0.1, 0.15) is 42.8 Å². The number of benzene rings is 2. The normalized spacial score (nSPS) is 12.4. The van der Waals surface area contributed by atoms with Gasteiger partial charge in [0.05, 0.1) is 17.3 Å². The monoisotopic (exact) mass is 394 g/mol. The van der Waals surface area contributed by atoms with Crippen LogP contribution in [0.2, 0.25) is 0 Å². The number of para-hydroxylation sites is 1. The molecule has 0 saturated carbocycles. The van der Waals surface area contributed by atoms with Crippen LogP contribution in [0.25, 0.3) is 21.2 Å². The van der Waals surface area contributed by atoms with E-state index in [0.29, 0.717) is 22.1 Å². The molecule has 0 saturated heterocycles. The molecule has 2 aromatic carbocycles. The molecule has 4 aromatic rings. The zero-order chi connectivity index (χ0) is 19.8. The minimum absolute atomic E-state index is 0.211. The lowest BCUT2D eigenvalue weighted by Crippen LogP contribution is -2.15. The van der Waals surface area contributed by atoms with E-state index < -0.39 is 5.91 Å². The van der Waals surface area contributed by atoms with Crippen molar-refractivity contribution in [3.8, 4) is 5.75 Å². The van der Waals surface area contributed by atoms with Gasteiger partial charge in [-0.05, 0) is 42.7 Å². The van der Waals surface area contributed by atoms with Crippen molar-refractivity contribution in [2.24, 2.45) is 4.99 Å². The second kappa shape index (κ2) is 7.28. The van der Waals surface area contributed by atoms with Gasteiger partial charge in [-0.3, -0.25) is 4.79 Å². The van der Waals surface area contributed by atoms with Crippen molar-refractivity contribution in [2.45, 2.75) is 33.2 Å². The van der Waals surface area contributed by atoms with Crippen LogP contribution in [0.3, 0.4) is 0 Å². The Morgan fingerprint density at radius 2 is 2.07 bits per heavy atom. The van der Waals surface area contributed by atoms with E-state index in [1.54, 1.807) is 19.2 Å². The van der Waals surface area contributed by atoms with E-state index in [4.69, 9.17) is 9.15 Å². The molecule has 0 aliphatic carbocycles. The number of ether oxygens (including phenoxy) is 1. The molecule has 0 atom stereocenters. The summed E-state index contributed by atoms with van der Waals surface area (Å²) in [6.45, 7) is 7.14. The third-order valence-electron chi connectivity index (χ3n) is 4.83. The molecule has 6 heteroatoms. The lowest BCUT2D eigenvalue weighted by atomic mass is 10.0. The molecule has 0 spiro atoms. The number of fused-ring (bicyclic) bond motifs is 2. The van der Waals surface area contributed by atoms with Gasteiger partial charge in [-0.2, -0.15) is 4.99 Å². The largest absolute Gasteiger partial charge is 0.493 e. The van der Waals surface area contributed by atoms with Gasteiger partial charge in [0.25, 0.3) is 0 Å². The van der Waals surface area contributed by atoms with E-state index in [1.807, 2.05) is 12.1 Å². The Kier molecular flexibility index (Phi) is 4.81. The summed E-state index contributed by atoms with van der Waals surface area (Å²) in [5, 5.41) is 0.819. The van der Waals surface area contributed by atoms with Crippen molar-refractivity contribution >= 4 is 38.4 Å². The lowest BCUT2D eigenvalue weighted by Gasteiger charge is -2.05.